The fourth-order valence-corrected chi connectivity index (χ4v) is 1.68. The number of H-pyrrole nitrogens is 3. The second-order valence-corrected chi connectivity index (χ2v) is 3.49. The van der Waals surface area contributed by atoms with Gasteiger partial charge in [-0.1, -0.05) is 0 Å². The smallest absolute Gasteiger partial charge is 0.300 e. The van der Waals surface area contributed by atoms with Crippen molar-refractivity contribution in [1.82, 2.24) is 19.3 Å². The van der Waals surface area contributed by atoms with Crippen LogP contribution in [0.4, 0.5) is 0 Å². The van der Waals surface area contributed by atoms with Gasteiger partial charge < -0.3 is 0 Å². The molecule has 0 atom stereocenters. The summed E-state index contributed by atoms with van der Waals surface area (Å²) in [6.45, 7) is 0. The van der Waals surface area contributed by atoms with E-state index in [0.717, 1.165) is 0 Å². The molecule has 0 saturated heterocycles. The Labute approximate surface area is 79.6 Å². The molecule has 0 aliphatic heterocycles. The van der Waals surface area contributed by atoms with Gasteiger partial charge in [0.15, 0.2) is 11.2 Å². The monoisotopic (exact) mass is 230 g/mol. The van der Waals surface area contributed by atoms with Crippen LogP contribution >= 0.6 is 7.83 Å². The zero-order valence-electron chi connectivity index (χ0n) is 6.94. The third kappa shape index (κ3) is 1.29. The van der Waals surface area contributed by atoms with Crippen molar-refractivity contribution in [2.45, 2.75) is 0 Å². The van der Waals surface area contributed by atoms with Crippen LogP contribution in [0.2, 0.25) is 0 Å². The fourth-order valence-electron chi connectivity index (χ4n) is 1.17. The molecule has 10 heteroatoms. The van der Waals surface area contributed by atoms with Gasteiger partial charge in [-0.25, -0.2) is 18.7 Å². The molecule has 0 bridgehead atoms. The van der Waals surface area contributed by atoms with Crippen LogP contribution in [0.15, 0.2) is 14.4 Å². The molecule has 9 nitrogen and oxygen atoms in total. The van der Waals surface area contributed by atoms with Gasteiger partial charge in [0, 0.05) is 0 Å². The number of rotatable bonds is 1. The van der Waals surface area contributed by atoms with Crippen LogP contribution in [0.1, 0.15) is 0 Å². The molecular formula is C5H3N4O5P. The zero-order valence-corrected chi connectivity index (χ0v) is 7.83. The number of fused-ring (bicyclic) bond motifs is 1. The summed E-state index contributed by atoms with van der Waals surface area (Å²) in [6, 6.07) is 0. The van der Waals surface area contributed by atoms with E-state index in [1.165, 1.54) is 0 Å². The Morgan fingerprint density at radius 1 is 1.00 bits per heavy atom. The number of hydrogen-bond donors (Lipinski definition) is 3. The highest BCUT2D eigenvalue weighted by atomic mass is 31.1. The van der Waals surface area contributed by atoms with Gasteiger partial charge in [0.1, 0.15) is 0 Å². The van der Waals surface area contributed by atoms with Crippen LogP contribution in [0.3, 0.4) is 0 Å². The zero-order chi connectivity index (χ0) is 11.2. The van der Waals surface area contributed by atoms with E-state index >= 15 is 0 Å². The van der Waals surface area contributed by atoms with Crippen molar-refractivity contribution in [3.05, 3.63) is 31.3 Å². The first-order valence-electron chi connectivity index (χ1n) is 3.62. The van der Waals surface area contributed by atoms with Gasteiger partial charge in [0.05, 0.1) is 0 Å². The van der Waals surface area contributed by atoms with Crippen LogP contribution < -0.4 is 16.9 Å². The molecule has 0 spiro atoms. The molecule has 2 aromatic heterocycles. The minimum Gasteiger partial charge on any atom is -0.300 e. The lowest BCUT2D eigenvalue weighted by Gasteiger charge is -1.92. The Bertz CT molecular complexity index is 763. The lowest BCUT2D eigenvalue weighted by atomic mass is 10.5. The van der Waals surface area contributed by atoms with Gasteiger partial charge in [0.25, 0.3) is 5.56 Å². The number of imidazole rings is 1. The Balaban J connectivity index is 3.23. The molecule has 0 aromatic carbocycles. The summed E-state index contributed by atoms with van der Waals surface area (Å²) in [5, 5.41) is 0. The summed E-state index contributed by atoms with van der Waals surface area (Å²) >= 11 is 0. The Morgan fingerprint density at radius 3 is 2.27 bits per heavy atom. The molecule has 0 unspecified atom stereocenters. The van der Waals surface area contributed by atoms with E-state index in [1.807, 2.05) is 4.98 Å². The average Bonchev–Trinajstić information content (AvgIpc) is 2.45. The van der Waals surface area contributed by atoms with Crippen molar-refractivity contribution in [3.63, 3.8) is 0 Å². The molecule has 0 aliphatic rings. The van der Waals surface area contributed by atoms with E-state index in [1.54, 1.807) is 4.98 Å². The minimum atomic E-state index is -3.27. The SMILES string of the molecule is O=c1[nH]c2c(=O)[nH]c(=O)n(P(=O)=O)c2[nH]1. The van der Waals surface area contributed by atoms with Gasteiger partial charge in [0.2, 0.25) is 0 Å². The number of aromatic nitrogens is 4. The first-order chi connectivity index (χ1) is 7.00. The van der Waals surface area contributed by atoms with E-state index < -0.39 is 24.8 Å². The van der Waals surface area contributed by atoms with Crippen molar-refractivity contribution < 1.29 is 9.13 Å². The van der Waals surface area contributed by atoms with E-state index in [2.05, 4.69) is 4.98 Å². The summed E-state index contributed by atoms with van der Waals surface area (Å²) in [4.78, 5) is 38.9. The second kappa shape index (κ2) is 2.92. The normalized spacial score (nSPS) is 10.7. The molecule has 0 radical (unpaired) electrons. The highest BCUT2D eigenvalue weighted by Crippen LogP contribution is 2.09. The summed E-state index contributed by atoms with van der Waals surface area (Å²) in [7, 11) is -3.27. The molecule has 0 amide bonds. The predicted molar refractivity (Wildman–Crippen MR) is 47.5 cm³/mol. The summed E-state index contributed by atoms with van der Waals surface area (Å²) in [5.74, 6) is 0. The number of nitrogens with one attached hydrogen (secondary N) is 3. The van der Waals surface area contributed by atoms with Crippen molar-refractivity contribution in [2.75, 3.05) is 0 Å². The molecule has 2 rings (SSSR count). The van der Waals surface area contributed by atoms with E-state index in [9.17, 15) is 23.5 Å². The fraction of sp³-hybridized carbons (Fsp3) is 0. The topological polar surface area (TPSA) is 138 Å². The molecule has 0 fully saturated rings. The van der Waals surface area contributed by atoms with Crippen LogP contribution in [-0.2, 0) is 9.13 Å². The maximum atomic E-state index is 11.1. The highest BCUT2D eigenvalue weighted by Gasteiger charge is 2.13. The molecule has 15 heavy (non-hydrogen) atoms. The average molecular weight is 230 g/mol. The number of aromatic amines is 3. The van der Waals surface area contributed by atoms with Gasteiger partial charge in [-0.3, -0.25) is 19.7 Å². The van der Waals surface area contributed by atoms with Gasteiger partial charge in [-0.2, -0.15) is 4.34 Å². The lowest BCUT2D eigenvalue weighted by molar-refractivity contribution is 0.507. The quantitative estimate of drug-likeness (QED) is 0.519. The Hall–Kier alpha value is -2.15. The molecule has 3 N–H and O–H groups in total. The summed E-state index contributed by atoms with van der Waals surface area (Å²) in [5.41, 5.74) is -3.42. The molecule has 0 aliphatic carbocycles. The molecule has 0 saturated carbocycles. The summed E-state index contributed by atoms with van der Waals surface area (Å²) < 4.78 is 21.7. The van der Waals surface area contributed by atoms with Crippen LogP contribution in [0, 0.1) is 0 Å². The Morgan fingerprint density at radius 2 is 1.67 bits per heavy atom. The molecule has 78 valence electrons. The van der Waals surface area contributed by atoms with E-state index in [4.69, 9.17) is 0 Å². The van der Waals surface area contributed by atoms with Crippen LogP contribution in [-0.4, -0.2) is 19.3 Å². The Kier molecular flexibility index (Phi) is 1.83. The standard InChI is InChI=1S/C5H3N4O5P/c10-3-1-2(7-4(11)6-1)9(15(13)14)5(12)8-3/h(H2,6,7,11)(H,8,10,12). The third-order valence-corrected chi connectivity index (χ3v) is 2.43. The molecule has 2 heterocycles. The largest absolute Gasteiger partial charge is 0.436 e. The van der Waals surface area contributed by atoms with Crippen molar-refractivity contribution in [1.29, 1.82) is 0 Å². The highest BCUT2D eigenvalue weighted by molar-refractivity contribution is 7.29. The van der Waals surface area contributed by atoms with E-state index in [0.29, 0.717) is 0 Å². The van der Waals surface area contributed by atoms with Gasteiger partial charge in [-0.05, 0) is 0 Å². The second-order valence-electron chi connectivity index (χ2n) is 2.61. The first-order valence-corrected chi connectivity index (χ1v) is 4.76. The lowest BCUT2D eigenvalue weighted by Crippen LogP contribution is -2.26. The van der Waals surface area contributed by atoms with Crippen LogP contribution in [0.25, 0.3) is 11.2 Å². The van der Waals surface area contributed by atoms with Gasteiger partial charge in [-0.15, -0.1) is 0 Å². The third-order valence-electron chi connectivity index (χ3n) is 1.72. The van der Waals surface area contributed by atoms with Crippen molar-refractivity contribution >= 4 is 19.0 Å². The molecule has 2 aromatic rings. The number of hydrogen-bond acceptors (Lipinski definition) is 5. The van der Waals surface area contributed by atoms with E-state index in [-0.39, 0.29) is 15.5 Å². The van der Waals surface area contributed by atoms with Crippen molar-refractivity contribution in [2.24, 2.45) is 0 Å². The maximum absolute atomic E-state index is 11.1. The van der Waals surface area contributed by atoms with Crippen molar-refractivity contribution in [3.8, 4) is 0 Å². The summed E-state index contributed by atoms with van der Waals surface area (Å²) in [6.07, 6.45) is 0. The first kappa shape index (κ1) is 9.41. The maximum Gasteiger partial charge on any atom is 0.436 e. The predicted octanol–water partition coefficient (Wildman–Crippen LogP) is -1.36. The molecular weight excluding hydrogens is 227 g/mol. The van der Waals surface area contributed by atoms with Gasteiger partial charge >= 0.3 is 19.2 Å². The minimum absolute atomic E-state index is 0.268. The number of nitrogens with zero attached hydrogens (tertiary/aromatic N) is 1. The van der Waals surface area contributed by atoms with Crippen LogP contribution in [0.5, 0.6) is 0 Å².